The third-order valence-electron chi connectivity index (χ3n) is 2.41. The molecule has 1 aromatic carbocycles. The van der Waals surface area contributed by atoms with E-state index < -0.39 is 0 Å². The van der Waals surface area contributed by atoms with E-state index in [1.807, 2.05) is 24.5 Å². The van der Waals surface area contributed by atoms with E-state index in [1.165, 1.54) is 11.8 Å². The molecule has 1 aliphatic rings. The predicted molar refractivity (Wildman–Crippen MR) is 67.4 cm³/mol. The fraction of sp³-hybridized carbons (Fsp3) is 0.182. The molecular weight excluding hydrogens is 252 g/mol. The molecule has 0 unspecified atom stereocenters. The number of hydrogen-bond donors (Lipinski definition) is 0. The first kappa shape index (κ1) is 11.1. The number of fused-ring (bicyclic) bond motifs is 1. The van der Waals surface area contributed by atoms with E-state index in [9.17, 15) is 0 Å². The Morgan fingerprint density at radius 2 is 2.28 bits per heavy atom. The fourth-order valence-corrected chi connectivity index (χ4v) is 1.97. The van der Waals surface area contributed by atoms with E-state index in [-0.39, 0.29) is 6.79 Å². The van der Waals surface area contributed by atoms with Crippen LogP contribution in [0.4, 0.5) is 0 Å². The molecule has 0 amide bonds. The lowest BCUT2D eigenvalue weighted by Gasteiger charge is -1.98. The quantitative estimate of drug-likeness (QED) is 0.621. The second-order valence-corrected chi connectivity index (χ2v) is 4.29. The van der Waals surface area contributed by atoms with Gasteiger partial charge in [0.15, 0.2) is 11.5 Å². The highest BCUT2D eigenvalue weighted by molar-refractivity contribution is 7.98. The van der Waals surface area contributed by atoms with Crippen LogP contribution in [-0.4, -0.2) is 34.1 Å². The minimum absolute atomic E-state index is 0.276. The van der Waals surface area contributed by atoms with Gasteiger partial charge in [-0.25, -0.2) is 0 Å². The zero-order valence-electron chi connectivity index (χ0n) is 9.61. The Morgan fingerprint density at radius 3 is 3.17 bits per heavy atom. The van der Waals surface area contributed by atoms with Crippen molar-refractivity contribution in [2.45, 2.75) is 5.16 Å². The standard InChI is InChI=1S/C11H10N4O2S/c1-18-11-14-12-6-15(11)13-5-8-2-3-9-10(4-8)17-7-16-9/h2-6H,7H2,1H3. The molecule has 7 heteroatoms. The van der Waals surface area contributed by atoms with E-state index in [4.69, 9.17) is 9.47 Å². The first-order chi connectivity index (χ1) is 8.86. The molecule has 0 spiro atoms. The fourth-order valence-electron chi connectivity index (χ4n) is 1.56. The minimum atomic E-state index is 0.276. The van der Waals surface area contributed by atoms with Crippen molar-refractivity contribution in [3.8, 4) is 11.5 Å². The Balaban J connectivity index is 1.84. The summed E-state index contributed by atoms with van der Waals surface area (Å²) in [5, 5.41) is 12.7. The molecule has 1 aromatic heterocycles. The van der Waals surface area contributed by atoms with Crippen LogP contribution in [0.5, 0.6) is 11.5 Å². The lowest BCUT2D eigenvalue weighted by Crippen LogP contribution is -1.93. The number of ether oxygens (including phenoxy) is 2. The average Bonchev–Trinajstić information content (AvgIpc) is 3.04. The minimum Gasteiger partial charge on any atom is -0.454 e. The Labute approximate surface area is 108 Å². The van der Waals surface area contributed by atoms with Gasteiger partial charge in [0.2, 0.25) is 11.9 Å². The summed E-state index contributed by atoms with van der Waals surface area (Å²) in [6.07, 6.45) is 5.22. The summed E-state index contributed by atoms with van der Waals surface area (Å²) in [4.78, 5) is 0. The smallest absolute Gasteiger partial charge is 0.231 e. The SMILES string of the molecule is CSc1nncn1N=Cc1ccc2c(c1)OCO2. The van der Waals surface area contributed by atoms with E-state index in [0.717, 1.165) is 22.2 Å². The van der Waals surface area contributed by atoms with Crippen LogP contribution >= 0.6 is 11.8 Å². The average molecular weight is 262 g/mol. The number of rotatable bonds is 3. The Kier molecular flexibility index (Phi) is 2.89. The van der Waals surface area contributed by atoms with Crippen molar-refractivity contribution in [2.75, 3.05) is 13.0 Å². The van der Waals surface area contributed by atoms with Gasteiger partial charge in [0.25, 0.3) is 0 Å². The third kappa shape index (κ3) is 2.04. The van der Waals surface area contributed by atoms with Gasteiger partial charge >= 0.3 is 0 Å². The maximum absolute atomic E-state index is 5.30. The zero-order chi connectivity index (χ0) is 12.4. The van der Waals surface area contributed by atoms with Crippen LogP contribution in [0.3, 0.4) is 0 Å². The number of thioether (sulfide) groups is 1. The van der Waals surface area contributed by atoms with Gasteiger partial charge in [-0.1, -0.05) is 11.8 Å². The lowest BCUT2D eigenvalue weighted by atomic mass is 10.2. The highest BCUT2D eigenvalue weighted by Crippen LogP contribution is 2.31. The molecule has 2 heterocycles. The van der Waals surface area contributed by atoms with Gasteiger partial charge < -0.3 is 9.47 Å². The molecule has 0 atom stereocenters. The normalized spacial score (nSPS) is 13.4. The maximum atomic E-state index is 5.30. The van der Waals surface area contributed by atoms with E-state index >= 15 is 0 Å². The molecule has 0 aliphatic carbocycles. The van der Waals surface area contributed by atoms with Crippen LogP contribution in [0.1, 0.15) is 5.56 Å². The van der Waals surface area contributed by atoms with Crippen molar-refractivity contribution in [1.82, 2.24) is 14.9 Å². The van der Waals surface area contributed by atoms with Crippen molar-refractivity contribution < 1.29 is 9.47 Å². The van der Waals surface area contributed by atoms with Crippen molar-refractivity contribution in [3.63, 3.8) is 0 Å². The van der Waals surface area contributed by atoms with Crippen LogP contribution in [0, 0.1) is 0 Å². The number of hydrogen-bond acceptors (Lipinski definition) is 6. The summed E-state index contributed by atoms with van der Waals surface area (Å²) >= 11 is 1.49. The molecule has 3 rings (SSSR count). The summed E-state index contributed by atoms with van der Waals surface area (Å²) in [5.41, 5.74) is 0.931. The highest BCUT2D eigenvalue weighted by Gasteiger charge is 2.12. The van der Waals surface area contributed by atoms with Crippen LogP contribution in [-0.2, 0) is 0 Å². The molecule has 1 aliphatic heterocycles. The largest absolute Gasteiger partial charge is 0.454 e. The summed E-state index contributed by atoms with van der Waals surface area (Å²) < 4.78 is 12.2. The molecule has 6 nitrogen and oxygen atoms in total. The maximum Gasteiger partial charge on any atom is 0.231 e. The van der Waals surface area contributed by atoms with Crippen molar-refractivity contribution in [1.29, 1.82) is 0 Å². The van der Waals surface area contributed by atoms with Gasteiger partial charge in [-0.2, -0.15) is 9.78 Å². The molecule has 0 bridgehead atoms. The molecule has 2 aromatic rings. The van der Waals surface area contributed by atoms with Crippen LogP contribution in [0.25, 0.3) is 0 Å². The molecule has 0 saturated heterocycles. The van der Waals surface area contributed by atoms with Gasteiger partial charge in [-0.05, 0) is 30.0 Å². The Morgan fingerprint density at radius 1 is 1.39 bits per heavy atom. The van der Waals surface area contributed by atoms with Gasteiger partial charge in [-0.15, -0.1) is 10.2 Å². The van der Waals surface area contributed by atoms with E-state index in [1.54, 1.807) is 17.2 Å². The highest BCUT2D eigenvalue weighted by atomic mass is 32.2. The number of aromatic nitrogens is 3. The Bertz CT molecular complexity index is 596. The molecule has 18 heavy (non-hydrogen) atoms. The van der Waals surface area contributed by atoms with Crippen LogP contribution in [0.15, 0.2) is 34.8 Å². The summed E-state index contributed by atoms with van der Waals surface area (Å²) in [7, 11) is 0. The number of benzene rings is 1. The van der Waals surface area contributed by atoms with Gasteiger partial charge in [0.1, 0.15) is 6.33 Å². The van der Waals surface area contributed by atoms with Gasteiger partial charge in [0, 0.05) is 0 Å². The molecule has 0 radical (unpaired) electrons. The summed E-state index contributed by atoms with van der Waals surface area (Å²) in [5.74, 6) is 1.51. The Hall–Kier alpha value is -2.02. The monoisotopic (exact) mass is 262 g/mol. The van der Waals surface area contributed by atoms with Crippen LogP contribution in [0.2, 0.25) is 0 Å². The van der Waals surface area contributed by atoms with Crippen molar-refractivity contribution in [3.05, 3.63) is 30.1 Å². The van der Waals surface area contributed by atoms with Crippen molar-refractivity contribution in [2.24, 2.45) is 5.10 Å². The molecule has 0 N–H and O–H groups in total. The summed E-state index contributed by atoms with van der Waals surface area (Å²) in [6.45, 7) is 0.276. The van der Waals surface area contributed by atoms with E-state index in [2.05, 4.69) is 15.3 Å². The van der Waals surface area contributed by atoms with E-state index in [0.29, 0.717) is 0 Å². The second kappa shape index (κ2) is 4.69. The predicted octanol–water partition coefficient (Wildman–Crippen LogP) is 1.61. The molecule has 92 valence electrons. The summed E-state index contributed by atoms with van der Waals surface area (Å²) in [6, 6.07) is 5.67. The van der Waals surface area contributed by atoms with Gasteiger partial charge in [-0.3, -0.25) is 0 Å². The third-order valence-corrected chi connectivity index (χ3v) is 3.04. The second-order valence-electron chi connectivity index (χ2n) is 3.52. The number of nitrogens with zero attached hydrogens (tertiary/aromatic N) is 4. The molecule has 0 fully saturated rings. The molecular formula is C11H10N4O2S. The van der Waals surface area contributed by atoms with Crippen LogP contribution < -0.4 is 9.47 Å². The van der Waals surface area contributed by atoms with Crippen molar-refractivity contribution >= 4 is 18.0 Å². The molecule has 0 saturated carbocycles. The lowest BCUT2D eigenvalue weighted by molar-refractivity contribution is 0.174. The topological polar surface area (TPSA) is 61.5 Å². The first-order valence-electron chi connectivity index (χ1n) is 5.25. The van der Waals surface area contributed by atoms with Gasteiger partial charge in [0.05, 0.1) is 6.21 Å². The first-order valence-corrected chi connectivity index (χ1v) is 6.47. The zero-order valence-corrected chi connectivity index (χ0v) is 10.4.